The molecule has 0 saturated carbocycles. The second-order valence-corrected chi connectivity index (χ2v) is 6.41. The molecule has 0 saturated heterocycles. The van der Waals surface area contributed by atoms with Gasteiger partial charge in [-0.25, -0.2) is 9.87 Å². The van der Waals surface area contributed by atoms with Gasteiger partial charge in [0.1, 0.15) is 11.5 Å². The Kier molecular flexibility index (Phi) is 5.56. The highest BCUT2D eigenvalue weighted by atomic mass is 127. The number of aromatic nitrogens is 3. The number of nitrogens with one attached hydrogen (secondary N) is 1. The average Bonchev–Trinajstić information content (AvgIpc) is 2.96. The van der Waals surface area contributed by atoms with E-state index in [-0.39, 0.29) is 31.3 Å². The van der Waals surface area contributed by atoms with E-state index < -0.39 is 5.91 Å². The first-order valence-electron chi connectivity index (χ1n) is 7.38. The Morgan fingerprint density at radius 2 is 2.20 bits per heavy atom. The van der Waals surface area contributed by atoms with E-state index in [0.717, 1.165) is 3.57 Å². The minimum absolute atomic E-state index is 0.0302. The van der Waals surface area contributed by atoms with Crippen LogP contribution >= 0.6 is 22.6 Å². The van der Waals surface area contributed by atoms with Gasteiger partial charge < -0.3 is 9.67 Å². The molecular formula is C16H14FIN4O3. The lowest BCUT2D eigenvalue weighted by Crippen LogP contribution is -2.27. The smallest absolute Gasteiger partial charge is 0.291 e. The lowest BCUT2D eigenvalue weighted by molar-refractivity contribution is 0.0162. The predicted octanol–water partition coefficient (Wildman–Crippen LogP) is 1.88. The molecule has 9 heteroatoms. The van der Waals surface area contributed by atoms with Crippen LogP contribution in [0.25, 0.3) is 11.0 Å². The van der Waals surface area contributed by atoms with Gasteiger partial charge in [0.25, 0.3) is 5.91 Å². The molecule has 2 aromatic heterocycles. The first-order chi connectivity index (χ1) is 12.1. The number of halogens is 2. The van der Waals surface area contributed by atoms with Gasteiger partial charge in [-0.3, -0.25) is 9.63 Å². The van der Waals surface area contributed by atoms with E-state index in [0.29, 0.717) is 16.6 Å². The Balaban J connectivity index is 1.99. The Hall–Kier alpha value is -2.11. The van der Waals surface area contributed by atoms with Crippen LogP contribution in [-0.2, 0) is 11.4 Å². The molecule has 0 aliphatic heterocycles. The summed E-state index contributed by atoms with van der Waals surface area (Å²) >= 11 is 2.03. The van der Waals surface area contributed by atoms with Crippen LogP contribution in [0.2, 0.25) is 0 Å². The first kappa shape index (κ1) is 17.7. The van der Waals surface area contributed by atoms with Crippen LogP contribution in [0.15, 0.2) is 36.5 Å². The maximum absolute atomic E-state index is 14.2. The minimum atomic E-state index is -0.516. The highest BCUT2D eigenvalue weighted by Crippen LogP contribution is 2.21. The van der Waals surface area contributed by atoms with Crippen molar-refractivity contribution < 1.29 is 19.1 Å². The Morgan fingerprint density at radius 3 is 2.96 bits per heavy atom. The van der Waals surface area contributed by atoms with E-state index >= 15 is 0 Å². The van der Waals surface area contributed by atoms with Gasteiger partial charge in [0.2, 0.25) is 0 Å². The number of carbonyl (C=O) groups excluding carboxylic acids is 1. The monoisotopic (exact) mass is 456 g/mol. The average molecular weight is 456 g/mol. The molecule has 0 aliphatic carbocycles. The summed E-state index contributed by atoms with van der Waals surface area (Å²) in [5, 5.41) is 17.3. The molecule has 0 radical (unpaired) electrons. The number of nitrogens with zero attached hydrogens (tertiary/aromatic N) is 3. The lowest BCUT2D eigenvalue weighted by atomic mass is 10.2. The SMILES string of the molecule is O=C(NOCCO)c1cc2ccnnc2n1Cc1ccc(I)cc1F. The second kappa shape index (κ2) is 7.85. The predicted molar refractivity (Wildman–Crippen MR) is 96.3 cm³/mol. The van der Waals surface area contributed by atoms with Crippen molar-refractivity contribution in [1.29, 1.82) is 0 Å². The molecule has 2 heterocycles. The highest BCUT2D eigenvalue weighted by Gasteiger charge is 2.18. The fourth-order valence-corrected chi connectivity index (χ4v) is 2.83. The van der Waals surface area contributed by atoms with E-state index in [4.69, 9.17) is 9.94 Å². The normalized spacial score (nSPS) is 11.0. The quantitative estimate of drug-likeness (QED) is 0.336. The topological polar surface area (TPSA) is 89.3 Å². The van der Waals surface area contributed by atoms with Crippen LogP contribution < -0.4 is 5.48 Å². The molecule has 0 atom stereocenters. The molecule has 0 aliphatic rings. The van der Waals surface area contributed by atoms with Crippen LogP contribution in [0.3, 0.4) is 0 Å². The Labute approximate surface area is 155 Å². The number of benzene rings is 1. The standard InChI is InChI=1S/C16H14FIN4O3/c17-13-8-12(18)2-1-11(13)9-22-14(16(24)21-25-6-5-23)7-10-3-4-19-20-15(10)22/h1-4,7-8,23H,5-6,9H2,(H,21,24). The third kappa shape index (κ3) is 3.94. The number of hydroxylamine groups is 1. The maximum atomic E-state index is 14.2. The van der Waals surface area contributed by atoms with Crippen LogP contribution in [0.4, 0.5) is 4.39 Å². The van der Waals surface area contributed by atoms with Crippen molar-refractivity contribution in [3.05, 3.63) is 57.2 Å². The van der Waals surface area contributed by atoms with Gasteiger partial charge in [0.15, 0.2) is 5.65 Å². The molecular weight excluding hydrogens is 442 g/mol. The van der Waals surface area contributed by atoms with Gasteiger partial charge in [0, 0.05) is 14.5 Å². The fraction of sp³-hybridized carbons (Fsp3) is 0.188. The summed E-state index contributed by atoms with van der Waals surface area (Å²) in [5.74, 6) is -0.877. The van der Waals surface area contributed by atoms with Crippen molar-refractivity contribution in [3.63, 3.8) is 0 Å². The van der Waals surface area contributed by atoms with Gasteiger partial charge in [0.05, 0.1) is 26.0 Å². The van der Waals surface area contributed by atoms with Crippen molar-refractivity contribution in [2.75, 3.05) is 13.2 Å². The van der Waals surface area contributed by atoms with E-state index in [1.54, 1.807) is 28.8 Å². The summed E-state index contributed by atoms with van der Waals surface area (Å²) in [6, 6.07) is 8.24. The van der Waals surface area contributed by atoms with Crippen molar-refractivity contribution in [1.82, 2.24) is 20.2 Å². The van der Waals surface area contributed by atoms with Crippen molar-refractivity contribution in [2.45, 2.75) is 6.54 Å². The van der Waals surface area contributed by atoms with Gasteiger partial charge in [-0.15, -0.1) is 5.10 Å². The zero-order chi connectivity index (χ0) is 17.8. The molecule has 130 valence electrons. The van der Waals surface area contributed by atoms with E-state index in [9.17, 15) is 9.18 Å². The highest BCUT2D eigenvalue weighted by molar-refractivity contribution is 14.1. The van der Waals surface area contributed by atoms with E-state index in [1.165, 1.54) is 12.3 Å². The van der Waals surface area contributed by atoms with Crippen LogP contribution in [-0.4, -0.2) is 39.0 Å². The molecule has 1 aromatic carbocycles. The summed E-state index contributed by atoms with van der Waals surface area (Å²) in [5.41, 5.74) is 3.39. The third-order valence-corrected chi connectivity index (χ3v) is 4.18. The molecule has 7 nitrogen and oxygen atoms in total. The molecule has 25 heavy (non-hydrogen) atoms. The number of carbonyl (C=O) groups is 1. The molecule has 0 bridgehead atoms. The number of hydrogen-bond acceptors (Lipinski definition) is 5. The number of amides is 1. The number of fused-ring (bicyclic) bond motifs is 1. The second-order valence-electron chi connectivity index (χ2n) is 5.16. The molecule has 2 N–H and O–H groups in total. The van der Waals surface area contributed by atoms with Gasteiger partial charge in [-0.2, -0.15) is 5.10 Å². The number of hydrogen-bond donors (Lipinski definition) is 2. The van der Waals surface area contributed by atoms with E-state index in [2.05, 4.69) is 15.7 Å². The van der Waals surface area contributed by atoms with Crippen molar-refractivity contribution in [2.24, 2.45) is 0 Å². The lowest BCUT2D eigenvalue weighted by Gasteiger charge is -2.11. The summed E-state index contributed by atoms with van der Waals surface area (Å²) < 4.78 is 16.6. The van der Waals surface area contributed by atoms with Crippen molar-refractivity contribution >= 4 is 39.5 Å². The number of rotatable bonds is 6. The fourth-order valence-electron chi connectivity index (χ4n) is 2.38. The molecule has 1 amide bonds. The largest absolute Gasteiger partial charge is 0.394 e. The van der Waals surface area contributed by atoms with Gasteiger partial charge in [-0.1, -0.05) is 6.07 Å². The van der Waals surface area contributed by atoms with Crippen LogP contribution in [0, 0.1) is 9.39 Å². The van der Waals surface area contributed by atoms with Gasteiger partial charge in [-0.05, 0) is 46.9 Å². The Bertz CT molecular complexity index is 916. The number of aliphatic hydroxyl groups excluding tert-OH is 1. The van der Waals surface area contributed by atoms with E-state index in [1.807, 2.05) is 22.6 Å². The van der Waals surface area contributed by atoms with Crippen LogP contribution in [0.5, 0.6) is 0 Å². The summed E-state index contributed by atoms with van der Waals surface area (Å²) in [6.45, 7) is -0.131. The summed E-state index contributed by atoms with van der Waals surface area (Å²) in [6.07, 6.45) is 1.52. The zero-order valence-corrected chi connectivity index (χ0v) is 15.1. The first-order valence-corrected chi connectivity index (χ1v) is 8.46. The molecule has 3 aromatic rings. The minimum Gasteiger partial charge on any atom is -0.394 e. The molecule has 3 rings (SSSR count). The zero-order valence-electron chi connectivity index (χ0n) is 12.9. The molecule has 0 fully saturated rings. The third-order valence-electron chi connectivity index (χ3n) is 3.50. The molecule has 0 spiro atoms. The van der Waals surface area contributed by atoms with Crippen molar-refractivity contribution in [3.8, 4) is 0 Å². The molecule has 0 unspecified atom stereocenters. The Morgan fingerprint density at radius 1 is 1.36 bits per heavy atom. The van der Waals surface area contributed by atoms with Crippen LogP contribution in [0.1, 0.15) is 16.1 Å². The number of aliphatic hydroxyl groups is 1. The summed E-state index contributed by atoms with van der Waals surface area (Å²) in [4.78, 5) is 17.2. The van der Waals surface area contributed by atoms with Gasteiger partial charge >= 0.3 is 0 Å². The maximum Gasteiger partial charge on any atom is 0.291 e. The summed E-state index contributed by atoms with van der Waals surface area (Å²) in [7, 11) is 0.